The van der Waals surface area contributed by atoms with Crippen molar-refractivity contribution >= 4 is 0 Å². The Balaban J connectivity index is 3.99. The van der Waals surface area contributed by atoms with Gasteiger partial charge in [-0.2, -0.15) is 0 Å². The number of nitrogens with two attached hydrogens (primary N) is 1. The van der Waals surface area contributed by atoms with Crippen LogP contribution in [0.5, 0.6) is 0 Å². The van der Waals surface area contributed by atoms with Crippen LogP contribution in [0.3, 0.4) is 0 Å². The van der Waals surface area contributed by atoms with Gasteiger partial charge >= 0.3 is 0 Å². The molecule has 0 spiro atoms. The smallest absolute Gasteiger partial charge is 0.148 e. The molecule has 0 aliphatic carbocycles. The fourth-order valence-electron chi connectivity index (χ4n) is 0.812. The average molecular weight is 159 g/mol. The third-order valence-electron chi connectivity index (χ3n) is 1.43. The fraction of sp³-hybridized carbons (Fsp3) is 0.750. The van der Waals surface area contributed by atoms with E-state index in [1.54, 1.807) is 0 Å². The van der Waals surface area contributed by atoms with E-state index in [4.69, 9.17) is 10.7 Å². The minimum Gasteiger partial charge on any atom is -0.328 e. The van der Waals surface area contributed by atoms with Gasteiger partial charge in [0.05, 0.1) is 21.1 Å². The van der Waals surface area contributed by atoms with Gasteiger partial charge in [-0.25, -0.2) is 5.90 Å². The van der Waals surface area contributed by atoms with E-state index in [0.29, 0.717) is 0 Å². The average Bonchev–Trinajstić information content (AvgIpc) is 1.80. The molecule has 11 heavy (non-hydrogen) atoms. The summed E-state index contributed by atoms with van der Waals surface area (Å²) in [6, 6.07) is 0. The molecule has 0 aromatic carbocycles. The summed E-state index contributed by atoms with van der Waals surface area (Å²) in [5.41, 5.74) is 0.973. The lowest BCUT2D eigenvalue weighted by Gasteiger charge is -2.28. The van der Waals surface area contributed by atoms with Crippen LogP contribution in [0.1, 0.15) is 6.92 Å². The van der Waals surface area contributed by atoms with Gasteiger partial charge in [0.1, 0.15) is 12.6 Å². The van der Waals surface area contributed by atoms with Crippen molar-refractivity contribution in [3.05, 3.63) is 12.2 Å². The van der Waals surface area contributed by atoms with E-state index in [9.17, 15) is 0 Å². The third-order valence-corrected chi connectivity index (χ3v) is 1.43. The highest BCUT2D eigenvalue weighted by Crippen LogP contribution is 2.05. The van der Waals surface area contributed by atoms with E-state index in [0.717, 1.165) is 16.6 Å². The lowest BCUT2D eigenvalue weighted by Crippen LogP contribution is -2.43. The minimum atomic E-state index is -0.0324. The molecule has 66 valence electrons. The van der Waals surface area contributed by atoms with Crippen LogP contribution < -0.4 is 5.90 Å². The summed E-state index contributed by atoms with van der Waals surface area (Å²) in [6.07, 6.45) is -0.0324. The molecule has 0 aliphatic heterocycles. The topological polar surface area (TPSA) is 35.2 Å². The predicted octanol–water partition coefficient (Wildman–Crippen LogP) is 0.528. The fourth-order valence-corrected chi connectivity index (χ4v) is 0.812. The number of likely N-dealkylation sites (N-methyl/N-ethyl adjacent to an activating group) is 1. The van der Waals surface area contributed by atoms with Crippen molar-refractivity contribution in [1.82, 2.24) is 0 Å². The minimum absolute atomic E-state index is 0.0324. The number of hydrogen-bond acceptors (Lipinski definition) is 2. The number of quaternary nitrogens is 1. The molecule has 0 saturated carbocycles. The maximum atomic E-state index is 5.11. The van der Waals surface area contributed by atoms with Crippen molar-refractivity contribution in [2.24, 2.45) is 5.90 Å². The van der Waals surface area contributed by atoms with E-state index in [1.807, 2.05) is 6.92 Å². The van der Waals surface area contributed by atoms with Gasteiger partial charge in [0.15, 0.2) is 0 Å². The Bertz CT molecular complexity index is 138. The van der Waals surface area contributed by atoms with Crippen LogP contribution in [0.4, 0.5) is 0 Å². The molecule has 0 amide bonds. The van der Waals surface area contributed by atoms with Gasteiger partial charge in [0.2, 0.25) is 0 Å². The Morgan fingerprint density at radius 3 is 2.09 bits per heavy atom. The molecule has 3 heteroatoms. The Labute approximate surface area is 69.0 Å². The number of rotatable bonds is 4. The highest BCUT2D eigenvalue weighted by atomic mass is 16.6. The first-order chi connectivity index (χ1) is 4.87. The molecule has 2 N–H and O–H groups in total. The summed E-state index contributed by atoms with van der Waals surface area (Å²) >= 11 is 0. The SMILES string of the molecule is C=C(C)C(C[N+](C)(C)C)ON. The lowest BCUT2D eigenvalue weighted by atomic mass is 10.2. The van der Waals surface area contributed by atoms with Gasteiger partial charge < -0.3 is 4.48 Å². The highest BCUT2D eigenvalue weighted by Gasteiger charge is 2.18. The van der Waals surface area contributed by atoms with Gasteiger partial charge in [0.25, 0.3) is 0 Å². The van der Waals surface area contributed by atoms with Crippen LogP contribution in [0.2, 0.25) is 0 Å². The van der Waals surface area contributed by atoms with Gasteiger partial charge in [-0.15, -0.1) is 0 Å². The van der Waals surface area contributed by atoms with Crippen molar-refractivity contribution < 1.29 is 9.32 Å². The van der Waals surface area contributed by atoms with E-state index in [-0.39, 0.29) is 6.10 Å². The van der Waals surface area contributed by atoms with Crippen molar-refractivity contribution in [2.45, 2.75) is 13.0 Å². The molecule has 0 heterocycles. The first-order valence-corrected chi connectivity index (χ1v) is 3.68. The Morgan fingerprint density at radius 2 is 2.00 bits per heavy atom. The second kappa shape index (κ2) is 3.85. The zero-order valence-corrected chi connectivity index (χ0v) is 7.92. The molecule has 1 unspecified atom stereocenters. The second-order valence-electron chi connectivity index (χ2n) is 3.94. The Kier molecular flexibility index (Phi) is 3.72. The molecular weight excluding hydrogens is 140 g/mol. The molecule has 0 radical (unpaired) electrons. The van der Waals surface area contributed by atoms with Crippen LogP contribution in [0.25, 0.3) is 0 Å². The maximum absolute atomic E-state index is 5.11. The molecule has 3 nitrogen and oxygen atoms in total. The summed E-state index contributed by atoms with van der Waals surface area (Å²) in [6.45, 7) is 6.57. The second-order valence-corrected chi connectivity index (χ2v) is 3.94. The molecule has 0 aromatic heterocycles. The Morgan fingerprint density at radius 1 is 1.55 bits per heavy atom. The van der Waals surface area contributed by atoms with Crippen molar-refractivity contribution in [3.63, 3.8) is 0 Å². The van der Waals surface area contributed by atoms with Gasteiger partial charge in [-0.3, -0.25) is 4.84 Å². The van der Waals surface area contributed by atoms with Crippen LogP contribution in [-0.2, 0) is 4.84 Å². The largest absolute Gasteiger partial charge is 0.328 e. The lowest BCUT2D eigenvalue weighted by molar-refractivity contribution is -0.873. The molecule has 0 fully saturated rings. The van der Waals surface area contributed by atoms with Crippen molar-refractivity contribution in [3.8, 4) is 0 Å². The molecule has 0 aliphatic rings. The number of hydrogen-bond donors (Lipinski definition) is 1. The first kappa shape index (κ1) is 10.6. The van der Waals surface area contributed by atoms with E-state index >= 15 is 0 Å². The normalized spacial score (nSPS) is 14.6. The maximum Gasteiger partial charge on any atom is 0.148 e. The quantitative estimate of drug-likeness (QED) is 0.369. The van der Waals surface area contributed by atoms with Crippen LogP contribution in [0, 0.1) is 0 Å². The molecular formula is C8H19N2O+. The molecule has 0 bridgehead atoms. The summed E-state index contributed by atoms with van der Waals surface area (Å²) in [5.74, 6) is 5.11. The standard InChI is InChI=1S/C8H19N2O/c1-7(2)8(11-9)6-10(3,4)5/h8H,1,6,9H2,2-5H3/q+1. The monoisotopic (exact) mass is 159 g/mol. The zero-order valence-electron chi connectivity index (χ0n) is 7.92. The predicted molar refractivity (Wildman–Crippen MR) is 46.8 cm³/mol. The molecule has 0 saturated heterocycles. The summed E-state index contributed by atoms with van der Waals surface area (Å²) in [4.78, 5) is 4.77. The molecule has 0 rings (SSSR count). The molecule has 0 aromatic rings. The summed E-state index contributed by atoms with van der Waals surface area (Å²) in [5, 5.41) is 0. The Hall–Kier alpha value is -0.380. The van der Waals surface area contributed by atoms with Gasteiger partial charge in [0, 0.05) is 0 Å². The van der Waals surface area contributed by atoms with E-state index in [1.165, 1.54) is 0 Å². The molecule has 1 atom stereocenters. The summed E-state index contributed by atoms with van der Waals surface area (Å²) in [7, 11) is 6.28. The number of nitrogens with zero attached hydrogens (tertiary/aromatic N) is 1. The summed E-state index contributed by atoms with van der Waals surface area (Å²) < 4.78 is 0.828. The van der Waals surface area contributed by atoms with Crippen LogP contribution >= 0.6 is 0 Å². The third kappa shape index (κ3) is 4.95. The van der Waals surface area contributed by atoms with E-state index < -0.39 is 0 Å². The van der Waals surface area contributed by atoms with Crippen LogP contribution in [-0.4, -0.2) is 38.3 Å². The first-order valence-electron chi connectivity index (χ1n) is 3.68. The van der Waals surface area contributed by atoms with Gasteiger partial charge in [-0.1, -0.05) is 6.58 Å². The van der Waals surface area contributed by atoms with E-state index in [2.05, 4.69) is 27.7 Å². The zero-order chi connectivity index (χ0) is 9.07. The van der Waals surface area contributed by atoms with Crippen LogP contribution in [0.15, 0.2) is 12.2 Å². The van der Waals surface area contributed by atoms with Gasteiger partial charge in [-0.05, 0) is 12.5 Å². The van der Waals surface area contributed by atoms with Crippen molar-refractivity contribution in [1.29, 1.82) is 0 Å². The highest BCUT2D eigenvalue weighted by molar-refractivity contribution is 4.97. The van der Waals surface area contributed by atoms with Crippen molar-refractivity contribution in [2.75, 3.05) is 27.7 Å².